The van der Waals surface area contributed by atoms with Crippen LogP contribution in [-0.2, 0) is 32.7 Å². The number of carbonyl (C=O) groups excluding carboxylic acids is 2. The Morgan fingerprint density at radius 2 is 0.932 bits per heavy atom. The Labute approximate surface area is 354 Å². The van der Waals surface area contributed by atoms with Crippen LogP contribution in [-0.4, -0.2) is 98.3 Å². The van der Waals surface area contributed by atoms with Crippen LogP contribution in [0.15, 0.2) is 48.6 Å². The molecule has 1 rings (SSSR count). The molecule has 0 spiro atoms. The molecule has 1 aliphatic carbocycles. The first kappa shape index (κ1) is 54.8. The van der Waals surface area contributed by atoms with Gasteiger partial charge in [0.15, 0.2) is 6.10 Å². The number of aliphatic hydroxyl groups is 5. The van der Waals surface area contributed by atoms with Crippen molar-refractivity contribution in [1.82, 2.24) is 0 Å². The summed E-state index contributed by atoms with van der Waals surface area (Å²) in [5.41, 5.74) is 0. The summed E-state index contributed by atoms with van der Waals surface area (Å²) in [6.07, 6.45) is 27.5. The molecule has 342 valence electrons. The van der Waals surface area contributed by atoms with Gasteiger partial charge in [-0.1, -0.05) is 152 Å². The lowest BCUT2D eigenvalue weighted by Crippen LogP contribution is -2.64. The van der Waals surface area contributed by atoms with E-state index in [1.165, 1.54) is 77.0 Å². The number of phosphoric ester groups is 1. The second kappa shape index (κ2) is 35.4. The maximum Gasteiger partial charge on any atom is 0.472 e. The van der Waals surface area contributed by atoms with Crippen LogP contribution in [0.25, 0.3) is 0 Å². The normalized spacial score (nSPS) is 22.8. The molecule has 0 aromatic carbocycles. The van der Waals surface area contributed by atoms with Gasteiger partial charge in [-0.3, -0.25) is 18.6 Å². The lowest BCUT2D eigenvalue weighted by molar-refractivity contribution is -0.220. The number of rotatable bonds is 36. The van der Waals surface area contributed by atoms with Gasteiger partial charge in [0.1, 0.15) is 43.2 Å². The quantitative estimate of drug-likeness (QED) is 0.0152. The first-order valence-corrected chi connectivity index (χ1v) is 23.9. The maximum absolute atomic E-state index is 12.8. The summed E-state index contributed by atoms with van der Waals surface area (Å²) in [6.45, 7) is 3.21. The van der Waals surface area contributed by atoms with Gasteiger partial charge >= 0.3 is 19.8 Å². The highest BCUT2D eigenvalue weighted by atomic mass is 31.2. The van der Waals surface area contributed by atoms with E-state index in [1.54, 1.807) is 0 Å². The van der Waals surface area contributed by atoms with Crippen molar-refractivity contribution in [3.63, 3.8) is 0 Å². The average molecular weight is 859 g/mol. The number of esters is 2. The van der Waals surface area contributed by atoms with Crippen molar-refractivity contribution < 1.29 is 63.1 Å². The maximum atomic E-state index is 12.8. The minimum atomic E-state index is -5.13. The molecule has 0 aromatic heterocycles. The summed E-state index contributed by atoms with van der Waals surface area (Å²) in [4.78, 5) is 35.6. The predicted octanol–water partition coefficient (Wildman–Crippen LogP) is 8.39. The van der Waals surface area contributed by atoms with Crippen molar-refractivity contribution in [3.8, 4) is 0 Å². The molecule has 1 fully saturated rings. The Balaban J connectivity index is 2.53. The molecule has 1 aliphatic rings. The minimum Gasteiger partial charge on any atom is -0.462 e. The molecule has 0 aliphatic heterocycles. The monoisotopic (exact) mass is 859 g/mol. The number of allylic oxidation sites excluding steroid dienone is 8. The fraction of sp³-hybridized carbons (Fsp3) is 0.778. The Morgan fingerprint density at radius 1 is 0.525 bits per heavy atom. The summed E-state index contributed by atoms with van der Waals surface area (Å²) in [7, 11) is -5.13. The fourth-order valence-corrected chi connectivity index (χ4v) is 7.49. The third-order valence-electron chi connectivity index (χ3n) is 10.2. The van der Waals surface area contributed by atoms with Gasteiger partial charge in [0.2, 0.25) is 0 Å². The number of hydrogen-bond acceptors (Lipinski definition) is 12. The van der Waals surface area contributed by atoms with Crippen molar-refractivity contribution in [2.24, 2.45) is 0 Å². The molecular weight excluding hydrogens is 779 g/mol. The second-order valence-electron chi connectivity index (χ2n) is 15.6. The van der Waals surface area contributed by atoms with Gasteiger partial charge in [-0.2, -0.15) is 0 Å². The van der Waals surface area contributed by atoms with Crippen LogP contribution < -0.4 is 0 Å². The van der Waals surface area contributed by atoms with E-state index in [0.29, 0.717) is 19.3 Å². The van der Waals surface area contributed by atoms with E-state index in [-0.39, 0.29) is 12.8 Å². The Hall–Kier alpha value is -2.19. The van der Waals surface area contributed by atoms with E-state index in [2.05, 4.69) is 50.3 Å². The molecule has 59 heavy (non-hydrogen) atoms. The van der Waals surface area contributed by atoms with Crippen LogP contribution in [0.3, 0.4) is 0 Å². The summed E-state index contributed by atoms with van der Waals surface area (Å²) in [5.74, 6) is -1.16. The molecule has 14 heteroatoms. The van der Waals surface area contributed by atoms with Gasteiger partial charge in [-0.15, -0.1) is 0 Å². The molecule has 0 aromatic rings. The molecule has 4 unspecified atom stereocenters. The molecule has 0 bridgehead atoms. The topological polar surface area (TPSA) is 210 Å². The minimum absolute atomic E-state index is 0.0211. The molecular formula is C45H79O13P. The first-order chi connectivity index (χ1) is 28.4. The molecule has 1 saturated carbocycles. The zero-order valence-electron chi connectivity index (χ0n) is 36.0. The van der Waals surface area contributed by atoms with E-state index in [4.69, 9.17) is 18.5 Å². The van der Waals surface area contributed by atoms with E-state index in [1.807, 2.05) is 12.2 Å². The van der Waals surface area contributed by atoms with E-state index < -0.39 is 75.7 Å². The molecule has 13 nitrogen and oxygen atoms in total. The largest absolute Gasteiger partial charge is 0.472 e. The zero-order valence-corrected chi connectivity index (χ0v) is 36.9. The lowest BCUT2D eigenvalue weighted by Gasteiger charge is -2.41. The summed E-state index contributed by atoms with van der Waals surface area (Å²) in [6, 6.07) is 0. The molecule has 8 atom stereocenters. The smallest absolute Gasteiger partial charge is 0.462 e. The van der Waals surface area contributed by atoms with Crippen LogP contribution in [0.2, 0.25) is 0 Å². The first-order valence-electron chi connectivity index (χ1n) is 22.4. The Bertz CT molecular complexity index is 1220. The molecule has 0 amide bonds. The Morgan fingerprint density at radius 3 is 1.44 bits per heavy atom. The van der Waals surface area contributed by atoms with Crippen molar-refractivity contribution in [2.75, 3.05) is 13.2 Å². The van der Waals surface area contributed by atoms with Crippen molar-refractivity contribution in [3.05, 3.63) is 48.6 Å². The van der Waals surface area contributed by atoms with Crippen molar-refractivity contribution >= 4 is 19.8 Å². The third kappa shape index (κ3) is 28.1. The van der Waals surface area contributed by atoms with Gasteiger partial charge < -0.3 is 39.9 Å². The van der Waals surface area contributed by atoms with Crippen LogP contribution in [0.1, 0.15) is 168 Å². The van der Waals surface area contributed by atoms with E-state index in [9.17, 15) is 44.6 Å². The molecule has 0 saturated heterocycles. The molecule has 0 heterocycles. The highest BCUT2D eigenvalue weighted by Crippen LogP contribution is 2.47. The Kier molecular flexibility index (Phi) is 32.9. The van der Waals surface area contributed by atoms with Crippen molar-refractivity contribution in [2.45, 2.75) is 211 Å². The summed E-state index contributed by atoms with van der Waals surface area (Å²) < 4.78 is 33.4. The third-order valence-corrected chi connectivity index (χ3v) is 11.2. The van der Waals surface area contributed by atoms with Gasteiger partial charge in [0.05, 0.1) is 6.61 Å². The fourth-order valence-electron chi connectivity index (χ4n) is 6.51. The second-order valence-corrected chi connectivity index (χ2v) is 17.0. The van der Waals surface area contributed by atoms with Crippen LogP contribution >= 0.6 is 7.82 Å². The number of carbonyl (C=O) groups is 2. The summed E-state index contributed by atoms with van der Waals surface area (Å²) >= 11 is 0. The van der Waals surface area contributed by atoms with Crippen molar-refractivity contribution in [1.29, 1.82) is 0 Å². The van der Waals surface area contributed by atoms with Gasteiger partial charge in [0.25, 0.3) is 0 Å². The highest BCUT2D eigenvalue weighted by molar-refractivity contribution is 7.47. The lowest BCUT2D eigenvalue weighted by atomic mass is 9.85. The summed E-state index contributed by atoms with van der Waals surface area (Å²) in [5, 5.41) is 50.1. The van der Waals surface area contributed by atoms with E-state index >= 15 is 0 Å². The number of aliphatic hydroxyl groups excluding tert-OH is 5. The standard InChI is InChI=1S/C45H79O13P/c1-3-5-7-9-11-13-15-17-18-19-20-22-24-26-28-30-32-34-39(47)57-37(36-56-59(53,54)58-45-43(51)41(49)40(48)42(50)44(45)52)35-55-38(46)33-31-29-27-25-23-21-16-14-12-10-8-6-4-2/h11,13,17-18,20,22,26,28,37,40-45,48-52H,3-10,12,14-16,19,21,23-25,27,29-36H2,1-2H3,(H,53,54)/b13-11-,18-17-,22-20-,28-26-/t37?,40?,41-,42+,43-,44-,45?/m1/s1. The number of hydrogen-bond donors (Lipinski definition) is 6. The van der Waals surface area contributed by atoms with Gasteiger partial charge in [-0.25, -0.2) is 4.57 Å². The average Bonchev–Trinajstić information content (AvgIpc) is 3.21. The molecule has 0 radical (unpaired) electrons. The SMILES string of the molecule is CCCCC/C=C\C/C=C\C/C=C\C/C=C\CCCC(=O)OC(COC(=O)CCCCCCCCCCCCCCC)COP(=O)(O)OC1[C@H](O)[C@H](O)C(O)[C@H](O)[C@H]1O. The molecule has 6 N–H and O–H groups in total. The van der Waals surface area contributed by atoms with Gasteiger partial charge in [0, 0.05) is 12.8 Å². The van der Waals surface area contributed by atoms with Crippen LogP contribution in [0.5, 0.6) is 0 Å². The van der Waals surface area contributed by atoms with Crippen LogP contribution in [0, 0.1) is 0 Å². The van der Waals surface area contributed by atoms with Crippen LogP contribution in [0.4, 0.5) is 0 Å². The number of unbranched alkanes of at least 4 members (excludes halogenated alkanes) is 16. The van der Waals surface area contributed by atoms with Gasteiger partial charge in [-0.05, 0) is 51.4 Å². The number of ether oxygens (including phenoxy) is 2. The predicted molar refractivity (Wildman–Crippen MR) is 230 cm³/mol. The zero-order chi connectivity index (χ0) is 43.6. The van der Waals surface area contributed by atoms with E-state index in [0.717, 1.165) is 44.9 Å². The highest BCUT2D eigenvalue weighted by Gasteiger charge is 2.51. The number of phosphoric acid groups is 1.